The van der Waals surface area contributed by atoms with Crippen molar-refractivity contribution >= 4 is 37.0 Å². The van der Waals surface area contributed by atoms with Crippen LogP contribution in [-0.4, -0.2) is 40.8 Å². The molecule has 2 aromatic carbocycles. The summed E-state index contributed by atoms with van der Waals surface area (Å²) in [5.74, 6) is 0. The van der Waals surface area contributed by atoms with E-state index in [4.69, 9.17) is 0 Å². The van der Waals surface area contributed by atoms with Gasteiger partial charge in [-0.05, 0) is 49.2 Å². The molecule has 0 radical (unpaired) electrons. The standard InChI is InChI=1S/C17H17BrN4O2S/c18-13-5-7-15(8-6-13)25(23,24)21-11-9-14(10-12-21)22-17-4-2-1-3-16(17)19-20-22/h1-8,14H,9-12H2. The molecule has 6 nitrogen and oxygen atoms in total. The Bertz CT molecular complexity index is 993. The van der Waals surface area contributed by atoms with Gasteiger partial charge < -0.3 is 0 Å². The van der Waals surface area contributed by atoms with Crippen LogP contribution in [0.1, 0.15) is 18.9 Å². The second kappa shape index (κ2) is 6.51. The van der Waals surface area contributed by atoms with E-state index in [2.05, 4.69) is 26.2 Å². The summed E-state index contributed by atoms with van der Waals surface area (Å²) in [5, 5.41) is 8.46. The molecule has 1 aliphatic heterocycles. The zero-order valence-electron chi connectivity index (χ0n) is 13.4. The van der Waals surface area contributed by atoms with Gasteiger partial charge in [0.2, 0.25) is 10.0 Å². The summed E-state index contributed by atoms with van der Waals surface area (Å²) in [5.41, 5.74) is 1.86. The molecule has 1 aliphatic rings. The van der Waals surface area contributed by atoms with Gasteiger partial charge in [-0.15, -0.1) is 5.10 Å². The Morgan fingerprint density at radius 3 is 2.40 bits per heavy atom. The molecule has 0 spiro atoms. The van der Waals surface area contributed by atoms with E-state index in [1.54, 1.807) is 28.6 Å². The fourth-order valence-corrected chi connectivity index (χ4v) is 4.97. The molecular formula is C17H17BrN4O2S. The third-order valence-corrected chi connectivity index (χ3v) is 7.04. The molecule has 0 N–H and O–H groups in total. The van der Waals surface area contributed by atoms with Gasteiger partial charge in [-0.1, -0.05) is 33.3 Å². The Morgan fingerprint density at radius 1 is 1.00 bits per heavy atom. The van der Waals surface area contributed by atoms with Crippen LogP contribution in [0.3, 0.4) is 0 Å². The van der Waals surface area contributed by atoms with Crippen LogP contribution in [-0.2, 0) is 10.0 Å². The Labute approximate surface area is 154 Å². The van der Waals surface area contributed by atoms with Crippen LogP contribution in [0.15, 0.2) is 57.9 Å². The SMILES string of the molecule is O=S(=O)(c1ccc(Br)cc1)N1CCC(n2nnc3ccccc32)CC1. The number of rotatable bonds is 3. The van der Waals surface area contributed by atoms with Crippen molar-refractivity contribution in [3.05, 3.63) is 53.0 Å². The van der Waals surface area contributed by atoms with Crippen LogP contribution < -0.4 is 0 Å². The van der Waals surface area contributed by atoms with Gasteiger partial charge in [0.25, 0.3) is 0 Å². The minimum atomic E-state index is -3.45. The van der Waals surface area contributed by atoms with Gasteiger partial charge in [0.05, 0.1) is 16.5 Å². The third kappa shape index (κ3) is 3.09. The zero-order chi connectivity index (χ0) is 17.4. The van der Waals surface area contributed by atoms with Crippen molar-refractivity contribution in [2.45, 2.75) is 23.8 Å². The number of nitrogens with zero attached hydrogens (tertiary/aromatic N) is 4. The van der Waals surface area contributed by atoms with Gasteiger partial charge in [-0.25, -0.2) is 13.1 Å². The zero-order valence-corrected chi connectivity index (χ0v) is 15.8. The molecule has 0 saturated carbocycles. The second-order valence-electron chi connectivity index (χ2n) is 6.11. The molecule has 1 saturated heterocycles. The first-order chi connectivity index (χ1) is 12.1. The average molecular weight is 421 g/mol. The summed E-state index contributed by atoms with van der Waals surface area (Å²) >= 11 is 3.33. The highest BCUT2D eigenvalue weighted by Gasteiger charge is 2.30. The maximum atomic E-state index is 12.8. The second-order valence-corrected chi connectivity index (χ2v) is 8.97. The van der Waals surface area contributed by atoms with Crippen LogP contribution in [0.5, 0.6) is 0 Å². The van der Waals surface area contributed by atoms with E-state index in [9.17, 15) is 8.42 Å². The molecule has 25 heavy (non-hydrogen) atoms. The van der Waals surface area contributed by atoms with E-state index in [1.165, 1.54) is 0 Å². The van der Waals surface area contributed by atoms with Gasteiger partial charge >= 0.3 is 0 Å². The molecule has 1 aromatic heterocycles. The van der Waals surface area contributed by atoms with Crippen molar-refractivity contribution in [3.8, 4) is 0 Å². The Kier molecular flexibility index (Phi) is 4.35. The summed E-state index contributed by atoms with van der Waals surface area (Å²) in [7, 11) is -3.45. The molecule has 0 bridgehead atoms. The van der Waals surface area contributed by atoms with Crippen LogP contribution in [0.25, 0.3) is 11.0 Å². The highest BCUT2D eigenvalue weighted by molar-refractivity contribution is 9.10. The van der Waals surface area contributed by atoms with Crippen LogP contribution in [0, 0.1) is 0 Å². The van der Waals surface area contributed by atoms with Gasteiger partial charge in [0.15, 0.2) is 0 Å². The molecule has 8 heteroatoms. The third-order valence-electron chi connectivity index (χ3n) is 4.60. The lowest BCUT2D eigenvalue weighted by molar-refractivity contribution is 0.263. The van der Waals surface area contributed by atoms with Crippen LogP contribution in [0.4, 0.5) is 0 Å². The summed E-state index contributed by atoms with van der Waals surface area (Å²) in [6.07, 6.45) is 1.45. The number of benzene rings is 2. The minimum Gasteiger partial charge on any atom is -0.242 e. The van der Waals surface area contributed by atoms with Gasteiger partial charge in [-0.3, -0.25) is 0 Å². The van der Waals surface area contributed by atoms with Crippen LogP contribution >= 0.6 is 15.9 Å². The Hall–Kier alpha value is -1.77. The molecule has 2 heterocycles. The molecule has 130 valence electrons. The van der Waals surface area contributed by atoms with E-state index in [1.807, 2.05) is 28.9 Å². The number of para-hydroxylation sites is 1. The van der Waals surface area contributed by atoms with E-state index >= 15 is 0 Å². The van der Waals surface area contributed by atoms with E-state index < -0.39 is 10.0 Å². The summed E-state index contributed by atoms with van der Waals surface area (Å²) < 4.78 is 29.9. The predicted molar refractivity (Wildman–Crippen MR) is 98.7 cm³/mol. The number of fused-ring (bicyclic) bond motifs is 1. The van der Waals surface area contributed by atoms with Crippen molar-refractivity contribution in [3.63, 3.8) is 0 Å². The van der Waals surface area contributed by atoms with Gasteiger partial charge in [0.1, 0.15) is 5.52 Å². The first-order valence-electron chi connectivity index (χ1n) is 8.11. The fourth-order valence-electron chi connectivity index (χ4n) is 3.24. The number of aromatic nitrogens is 3. The average Bonchev–Trinajstić information content (AvgIpc) is 3.06. The lowest BCUT2D eigenvalue weighted by Crippen LogP contribution is -2.39. The molecule has 3 aromatic rings. The maximum absolute atomic E-state index is 12.8. The summed E-state index contributed by atoms with van der Waals surface area (Å²) in [4.78, 5) is 0.334. The molecule has 1 fully saturated rings. The van der Waals surface area contributed by atoms with Crippen LogP contribution in [0.2, 0.25) is 0 Å². The highest BCUT2D eigenvalue weighted by Crippen LogP contribution is 2.28. The monoisotopic (exact) mass is 420 g/mol. The number of hydrogen-bond donors (Lipinski definition) is 0. The number of sulfonamides is 1. The van der Waals surface area contributed by atoms with E-state index in [-0.39, 0.29) is 6.04 Å². The number of halogens is 1. The number of piperidine rings is 1. The molecule has 0 atom stereocenters. The molecule has 4 rings (SSSR count). The first kappa shape index (κ1) is 16.7. The highest BCUT2D eigenvalue weighted by atomic mass is 79.9. The predicted octanol–water partition coefficient (Wildman–Crippen LogP) is 3.22. The van der Waals surface area contributed by atoms with E-state index in [0.717, 1.165) is 28.3 Å². The maximum Gasteiger partial charge on any atom is 0.243 e. The molecular weight excluding hydrogens is 404 g/mol. The first-order valence-corrected chi connectivity index (χ1v) is 10.3. The largest absolute Gasteiger partial charge is 0.243 e. The topological polar surface area (TPSA) is 68.1 Å². The van der Waals surface area contributed by atoms with Crippen molar-refractivity contribution in [1.29, 1.82) is 0 Å². The summed E-state index contributed by atoms with van der Waals surface area (Å²) in [6.45, 7) is 0.967. The quantitative estimate of drug-likeness (QED) is 0.652. The molecule has 0 amide bonds. The van der Waals surface area contributed by atoms with Crippen molar-refractivity contribution in [2.24, 2.45) is 0 Å². The Morgan fingerprint density at radius 2 is 1.68 bits per heavy atom. The Balaban J connectivity index is 1.52. The van der Waals surface area contributed by atoms with Gasteiger partial charge in [-0.2, -0.15) is 4.31 Å². The smallest absolute Gasteiger partial charge is 0.242 e. The fraction of sp³-hybridized carbons (Fsp3) is 0.294. The lowest BCUT2D eigenvalue weighted by Gasteiger charge is -2.31. The van der Waals surface area contributed by atoms with Crippen molar-refractivity contribution < 1.29 is 8.42 Å². The summed E-state index contributed by atoms with van der Waals surface area (Å²) in [6, 6.07) is 14.8. The lowest BCUT2D eigenvalue weighted by atomic mass is 10.1. The number of hydrogen-bond acceptors (Lipinski definition) is 4. The minimum absolute atomic E-state index is 0.170. The van der Waals surface area contributed by atoms with Gasteiger partial charge in [0, 0.05) is 17.6 Å². The normalized spacial score (nSPS) is 17.2. The van der Waals surface area contributed by atoms with E-state index in [0.29, 0.717) is 18.0 Å². The molecule has 0 aliphatic carbocycles. The van der Waals surface area contributed by atoms with Crippen molar-refractivity contribution in [2.75, 3.05) is 13.1 Å². The van der Waals surface area contributed by atoms with Crippen molar-refractivity contribution in [1.82, 2.24) is 19.3 Å². The molecule has 0 unspecified atom stereocenters.